The molecular weight excluding hydrogens is 216 g/mol. The summed E-state index contributed by atoms with van der Waals surface area (Å²) in [6.07, 6.45) is 12.3. The van der Waals surface area contributed by atoms with E-state index in [4.69, 9.17) is 0 Å². The van der Waals surface area contributed by atoms with E-state index in [1.165, 1.54) is 19.3 Å². The van der Waals surface area contributed by atoms with Crippen LogP contribution in [0.4, 0.5) is 0 Å². The number of hydrogen-bond donors (Lipinski definition) is 0. The van der Waals surface area contributed by atoms with Gasteiger partial charge in [-0.3, -0.25) is 0 Å². The molecule has 2 aliphatic rings. The van der Waals surface area contributed by atoms with E-state index in [1.807, 2.05) is 0 Å². The minimum absolute atomic E-state index is 0.424. The van der Waals surface area contributed by atoms with E-state index in [-0.39, 0.29) is 0 Å². The van der Waals surface area contributed by atoms with Gasteiger partial charge in [-0.2, -0.15) is 0 Å². The SMILES string of the molecule is CC(C)C(C)(C)C1(C)CCC(C)(C2=CCC=C2)C1. The quantitative estimate of drug-likeness (QED) is 0.594. The van der Waals surface area contributed by atoms with Crippen molar-refractivity contribution >= 4 is 0 Å². The van der Waals surface area contributed by atoms with Crippen LogP contribution in [0.5, 0.6) is 0 Å². The normalized spacial score (nSPS) is 36.5. The Hall–Kier alpha value is -0.520. The molecule has 0 radical (unpaired) electrons. The van der Waals surface area contributed by atoms with Crippen LogP contribution in [0.2, 0.25) is 0 Å². The van der Waals surface area contributed by atoms with E-state index in [0.29, 0.717) is 16.2 Å². The topological polar surface area (TPSA) is 0 Å². The predicted octanol–water partition coefficient (Wildman–Crippen LogP) is 5.75. The summed E-state index contributed by atoms with van der Waals surface area (Å²) in [5.41, 5.74) is 2.93. The second-order valence-corrected chi connectivity index (χ2v) is 7.97. The third-order valence-corrected chi connectivity index (χ3v) is 6.48. The van der Waals surface area contributed by atoms with E-state index in [0.717, 1.165) is 12.3 Å². The zero-order valence-corrected chi connectivity index (χ0v) is 13.1. The Balaban J connectivity index is 2.24. The molecule has 102 valence electrons. The molecule has 0 aromatic rings. The van der Waals surface area contributed by atoms with E-state index in [2.05, 4.69) is 59.8 Å². The molecule has 2 aliphatic carbocycles. The van der Waals surface area contributed by atoms with Crippen LogP contribution < -0.4 is 0 Å². The lowest BCUT2D eigenvalue weighted by atomic mass is 9.59. The fourth-order valence-electron chi connectivity index (χ4n) is 3.99. The zero-order valence-electron chi connectivity index (χ0n) is 13.1. The average molecular weight is 246 g/mol. The van der Waals surface area contributed by atoms with Crippen molar-refractivity contribution in [2.75, 3.05) is 0 Å². The zero-order chi connectivity index (χ0) is 13.6. The molecule has 0 nitrogen and oxygen atoms in total. The lowest BCUT2D eigenvalue weighted by Gasteiger charge is -2.46. The number of hydrogen-bond acceptors (Lipinski definition) is 0. The molecule has 0 heterocycles. The highest BCUT2D eigenvalue weighted by Gasteiger charge is 2.52. The van der Waals surface area contributed by atoms with Crippen molar-refractivity contribution in [2.45, 2.75) is 67.2 Å². The van der Waals surface area contributed by atoms with Crippen LogP contribution in [0.25, 0.3) is 0 Å². The van der Waals surface area contributed by atoms with Crippen LogP contribution in [0.15, 0.2) is 23.8 Å². The minimum atomic E-state index is 0.424. The minimum Gasteiger partial charge on any atom is -0.0804 e. The van der Waals surface area contributed by atoms with Gasteiger partial charge in [0.2, 0.25) is 0 Å². The predicted molar refractivity (Wildman–Crippen MR) is 80.5 cm³/mol. The first-order valence-corrected chi connectivity index (χ1v) is 7.58. The van der Waals surface area contributed by atoms with Gasteiger partial charge in [-0.05, 0) is 53.4 Å². The Morgan fingerprint density at radius 2 is 1.83 bits per heavy atom. The van der Waals surface area contributed by atoms with Gasteiger partial charge in [-0.1, -0.05) is 59.8 Å². The first kappa shape index (κ1) is 13.9. The number of rotatable bonds is 3. The molecule has 2 unspecified atom stereocenters. The van der Waals surface area contributed by atoms with Gasteiger partial charge in [-0.15, -0.1) is 0 Å². The van der Waals surface area contributed by atoms with Crippen LogP contribution in [0, 0.1) is 22.2 Å². The van der Waals surface area contributed by atoms with Crippen LogP contribution >= 0.6 is 0 Å². The Bertz CT molecular complexity index is 383. The molecule has 1 saturated carbocycles. The number of allylic oxidation sites excluding steroid dienone is 4. The molecule has 1 fully saturated rings. The van der Waals surface area contributed by atoms with E-state index in [9.17, 15) is 0 Å². The Morgan fingerprint density at radius 3 is 2.33 bits per heavy atom. The van der Waals surface area contributed by atoms with E-state index in [1.54, 1.807) is 5.57 Å². The highest BCUT2D eigenvalue weighted by atomic mass is 14.6. The van der Waals surface area contributed by atoms with Gasteiger partial charge in [-0.25, -0.2) is 0 Å². The van der Waals surface area contributed by atoms with Crippen molar-refractivity contribution in [3.8, 4) is 0 Å². The summed E-state index contributed by atoms with van der Waals surface area (Å²) in [6.45, 7) is 14.7. The van der Waals surface area contributed by atoms with Gasteiger partial charge < -0.3 is 0 Å². The van der Waals surface area contributed by atoms with Crippen molar-refractivity contribution in [3.05, 3.63) is 23.8 Å². The maximum absolute atomic E-state index is 2.53. The molecule has 0 heteroatoms. The van der Waals surface area contributed by atoms with Crippen molar-refractivity contribution < 1.29 is 0 Å². The largest absolute Gasteiger partial charge is 0.0804 e. The fraction of sp³-hybridized carbons (Fsp3) is 0.778. The molecule has 0 aromatic carbocycles. The fourth-order valence-corrected chi connectivity index (χ4v) is 3.99. The Labute approximate surface area is 114 Å². The van der Waals surface area contributed by atoms with Crippen molar-refractivity contribution in [3.63, 3.8) is 0 Å². The van der Waals surface area contributed by atoms with E-state index >= 15 is 0 Å². The van der Waals surface area contributed by atoms with Gasteiger partial charge in [0.25, 0.3) is 0 Å². The summed E-state index contributed by atoms with van der Waals surface area (Å²) in [5, 5.41) is 0. The summed E-state index contributed by atoms with van der Waals surface area (Å²) in [5.74, 6) is 0.748. The molecule has 2 atom stereocenters. The van der Waals surface area contributed by atoms with Crippen LogP contribution in [0.3, 0.4) is 0 Å². The van der Waals surface area contributed by atoms with Crippen molar-refractivity contribution in [1.29, 1.82) is 0 Å². The van der Waals surface area contributed by atoms with E-state index < -0.39 is 0 Å². The molecule has 0 amide bonds. The molecule has 0 N–H and O–H groups in total. The van der Waals surface area contributed by atoms with Gasteiger partial charge in [0.1, 0.15) is 0 Å². The summed E-state index contributed by atoms with van der Waals surface area (Å²) >= 11 is 0. The molecule has 0 aromatic heterocycles. The van der Waals surface area contributed by atoms with Gasteiger partial charge in [0.05, 0.1) is 0 Å². The molecular formula is C18H30. The smallest absolute Gasteiger partial charge is 0.00728 e. The summed E-state index contributed by atoms with van der Waals surface area (Å²) in [6, 6.07) is 0. The Morgan fingerprint density at radius 1 is 1.17 bits per heavy atom. The Kier molecular flexibility index (Phi) is 3.28. The lowest BCUT2D eigenvalue weighted by Crippen LogP contribution is -2.38. The van der Waals surface area contributed by atoms with Crippen LogP contribution in [-0.2, 0) is 0 Å². The maximum Gasteiger partial charge on any atom is -0.00728 e. The second-order valence-electron chi connectivity index (χ2n) is 7.97. The van der Waals surface area contributed by atoms with Gasteiger partial charge >= 0.3 is 0 Å². The molecule has 0 spiro atoms. The lowest BCUT2D eigenvalue weighted by molar-refractivity contribution is 0.0371. The maximum atomic E-state index is 2.53. The monoisotopic (exact) mass is 246 g/mol. The highest BCUT2D eigenvalue weighted by molar-refractivity contribution is 5.33. The molecule has 0 bridgehead atoms. The standard InChI is InChI=1S/C18H30/c1-14(2)16(3,4)18(6)12-11-17(5,13-18)15-9-7-8-10-15/h7,9-10,14H,8,11-13H2,1-6H3. The summed E-state index contributed by atoms with van der Waals surface area (Å²) in [4.78, 5) is 0. The summed E-state index contributed by atoms with van der Waals surface area (Å²) < 4.78 is 0. The molecule has 0 aliphatic heterocycles. The van der Waals surface area contributed by atoms with Crippen LogP contribution in [-0.4, -0.2) is 0 Å². The van der Waals surface area contributed by atoms with Crippen LogP contribution in [0.1, 0.15) is 67.2 Å². The molecule has 18 heavy (non-hydrogen) atoms. The first-order chi connectivity index (χ1) is 8.21. The summed E-state index contributed by atoms with van der Waals surface area (Å²) in [7, 11) is 0. The average Bonchev–Trinajstić information content (AvgIpc) is 2.88. The third-order valence-electron chi connectivity index (χ3n) is 6.48. The second kappa shape index (κ2) is 4.25. The van der Waals surface area contributed by atoms with Crippen molar-refractivity contribution in [1.82, 2.24) is 0 Å². The first-order valence-electron chi connectivity index (χ1n) is 7.58. The molecule has 0 saturated heterocycles. The molecule has 2 rings (SSSR count). The third kappa shape index (κ3) is 1.98. The highest BCUT2D eigenvalue weighted by Crippen LogP contribution is 2.62. The van der Waals surface area contributed by atoms with Gasteiger partial charge in [0, 0.05) is 0 Å². The van der Waals surface area contributed by atoms with Gasteiger partial charge in [0.15, 0.2) is 0 Å². The van der Waals surface area contributed by atoms with Crippen molar-refractivity contribution in [2.24, 2.45) is 22.2 Å².